The SMILES string of the molecule is CC/C=C\C/C=C\C/C=C\C/C=C\C/C=C\C/C=C\C/C=C\C/C=C\C/C=C\C/C=C\CCCCCCC(=O)OCC(COC(=O)CCCCCCC)OC(=O)CCCCCCCCCCCCCCC/C=C\C/C=C\CCCCCCC. The lowest BCUT2D eigenvalue weighted by Crippen LogP contribution is -2.30. The molecule has 83 heavy (non-hydrogen) atoms. The molecule has 0 fully saturated rings. The van der Waals surface area contributed by atoms with E-state index < -0.39 is 6.10 Å². The first-order chi connectivity index (χ1) is 41.0. The Hall–Kier alpha value is -4.71. The highest BCUT2D eigenvalue weighted by molar-refractivity contribution is 5.71. The predicted octanol–water partition coefficient (Wildman–Crippen LogP) is 23.9. The zero-order valence-corrected chi connectivity index (χ0v) is 53.9. The van der Waals surface area contributed by atoms with Gasteiger partial charge in [-0.15, -0.1) is 0 Å². The van der Waals surface area contributed by atoms with Crippen molar-refractivity contribution in [3.05, 3.63) is 146 Å². The Morgan fingerprint density at radius 1 is 0.253 bits per heavy atom. The summed E-state index contributed by atoms with van der Waals surface area (Å²) in [5.74, 6) is -0.928. The molecule has 470 valence electrons. The highest BCUT2D eigenvalue weighted by atomic mass is 16.6. The average molecular weight is 1150 g/mol. The van der Waals surface area contributed by atoms with E-state index in [1.54, 1.807) is 0 Å². The first-order valence-corrected chi connectivity index (χ1v) is 34.3. The van der Waals surface area contributed by atoms with Crippen LogP contribution in [0.4, 0.5) is 0 Å². The van der Waals surface area contributed by atoms with Crippen LogP contribution < -0.4 is 0 Å². The minimum Gasteiger partial charge on any atom is -0.462 e. The summed E-state index contributed by atoms with van der Waals surface area (Å²) in [6.07, 6.45) is 101. The third-order valence-corrected chi connectivity index (χ3v) is 14.3. The number of carbonyl (C=O) groups excluding carboxylic acids is 3. The van der Waals surface area contributed by atoms with Crippen LogP contribution in [0.1, 0.15) is 303 Å². The van der Waals surface area contributed by atoms with Crippen molar-refractivity contribution >= 4 is 17.9 Å². The van der Waals surface area contributed by atoms with E-state index in [9.17, 15) is 14.4 Å². The number of unbranched alkanes of at least 4 members (excludes halogenated alkanes) is 26. The molecule has 0 spiro atoms. The van der Waals surface area contributed by atoms with Gasteiger partial charge in [0.15, 0.2) is 6.10 Å². The summed E-state index contributed by atoms with van der Waals surface area (Å²) < 4.78 is 16.8. The van der Waals surface area contributed by atoms with Gasteiger partial charge in [-0.05, 0) is 128 Å². The van der Waals surface area contributed by atoms with Crippen LogP contribution in [0, 0.1) is 0 Å². The second-order valence-corrected chi connectivity index (χ2v) is 22.4. The zero-order valence-electron chi connectivity index (χ0n) is 53.9. The molecule has 0 N–H and O–H groups in total. The predicted molar refractivity (Wildman–Crippen MR) is 362 cm³/mol. The fourth-order valence-corrected chi connectivity index (χ4v) is 9.21. The van der Waals surface area contributed by atoms with Crippen LogP contribution in [0.5, 0.6) is 0 Å². The van der Waals surface area contributed by atoms with E-state index in [4.69, 9.17) is 14.2 Å². The molecule has 0 heterocycles. The molecule has 0 saturated heterocycles. The number of allylic oxidation sites excluding steroid dienone is 24. The number of ether oxygens (including phenoxy) is 3. The van der Waals surface area contributed by atoms with Crippen LogP contribution in [0.25, 0.3) is 0 Å². The van der Waals surface area contributed by atoms with Gasteiger partial charge in [0.05, 0.1) is 0 Å². The Morgan fingerprint density at radius 3 is 0.735 bits per heavy atom. The second-order valence-electron chi connectivity index (χ2n) is 22.4. The third kappa shape index (κ3) is 68.0. The zero-order chi connectivity index (χ0) is 59.9. The Labute approximate surface area is 512 Å². The minimum absolute atomic E-state index is 0.0897. The molecule has 6 nitrogen and oxygen atoms in total. The lowest BCUT2D eigenvalue weighted by atomic mass is 10.0. The van der Waals surface area contributed by atoms with Gasteiger partial charge in [0.1, 0.15) is 13.2 Å². The lowest BCUT2D eigenvalue weighted by molar-refractivity contribution is -0.167. The topological polar surface area (TPSA) is 78.9 Å². The molecule has 0 aliphatic heterocycles. The molecule has 0 aliphatic carbocycles. The minimum atomic E-state index is -0.791. The smallest absolute Gasteiger partial charge is 0.306 e. The van der Waals surface area contributed by atoms with Gasteiger partial charge in [0.2, 0.25) is 0 Å². The van der Waals surface area contributed by atoms with E-state index >= 15 is 0 Å². The first-order valence-electron chi connectivity index (χ1n) is 34.3. The number of hydrogen-bond acceptors (Lipinski definition) is 6. The maximum absolute atomic E-state index is 12.8. The molecular weight excluding hydrogens is 1020 g/mol. The van der Waals surface area contributed by atoms with E-state index in [2.05, 4.69) is 167 Å². The van der Waals surface area contributed by atoms with E-state index in [1.165, 1.54) is 109 Å². The Kier molecular flexibility index (Phi) is 65.8. The van der Waals surface area contributed by atoms with Gasteiger partial charge < -0.3 is 14.2 Å². The highest BCUT2D eigenvalue weighted by Gasteiger charge is 2.19. The van der Waals surface area contributed by atoms with Crippen molar-refractivity contribution in [3.63, 3.8) is 0 Å². The highest BCUT2D eigenvalue weighted by Crippen LogP contribution is 2.16. The molecule has 1 atom stereocenters. The average Bonchev–Trinajstić information content (AvgIpc) is 3.49. The largest absolute Gasteiger partial charge is 0.462 e. The molecule has 1 unspecified atom stereocenters. The van der Waals surface area contributed by atoms with Crippen molar-refractivity contribution in [1.29, 1.82) is 0 Å². The van der Waals surface area contributed by atoms with E-state index in [0.29, 0.717) is 19.3 Å². The van der Waals surface area contributed by atoms with Crippen molar-refractivity contribution < 1.29 is 28.6 Å². The van der Waals surface area contributed by atoms with Crippen molar-refractivity contribution in [2.24, 2.45) is 0 Å². The fourth-order valence-electron chi connectivity index (χ4n) is 9.21. The van der Waals surface area contributed by atoms with Crippen LogP contribution in [0.2, 0.25) is 0 Å². The summed E-state index contributed by atoms with van der Waals surface area (Å²) in [6, 6.07) is 0. The van der Waals surface area contributed by atoms with Gasteiger partial charge in [-0.25, -0.2) is 0 Å². The van der Waals surface area contributed by atoms with Crippen LogP contribution in [-0.2, 0) is 28.6 Å². The monoisotopic (exact) mass is 1150 g/mol. The van der Waals surface area contributed by atoms with Gasteiger partial charge in [-0.1, -0.05) is 301 Å². The van der Waals surface area contributed by atoms with Gasteiger partial charge in [0.25, 0.3) is 0 Å². The summed E-state index contributed by atoms with van der Waals surface area (Å²) in [7, 11) is 0. The number of esters is 3. The Balaban J connectivity index is 4.11. The molecule has 0 bridgehead atoms. The maximum Gasteiger partial charge on any atom is 0.306 e. The fraction of sp³-hybridized carbons (Fsp3) is 0.649. The van der Waals surface area contributed by atoms with E-state index in [1.807, 2.05) is 0 Å². The Bertz CT molecular complexity index is 1800. The second kappa shape index (κ2) is 69.8. The summed E-state index contributed by atoms with van der Waals surface area (Å²) in [5, 5.41) is 0. The first kappa shape index (κ1) is 78.3. The van der Waals surface area contributed by atoms with Crippen molar-refractivity contribution in [2.75, 3.05) is 13.2 Å². The molecule has 0 radical (unpaired) electrons. The molecule has 6 heteroatoms. The number of carbonyl (C=O) groups is 3. The number of rotatable bonds is 61. The van der Waals surface area contributed by atoms with Crippen LogP contribution in [0.15, 0.2) is 146 Å². The normalized spacial score (nSPS) is 13.0. The van der Waals surface area contributed by atoms with Crippen molar-refractivity contribution in [2.45, 2.75) is 309 Å². The standard InChI is InChI=1S/C77H126O6/c1-4-7-10-13-15-17-19-21-23-25-27-29-31-33-34-35-36-37-38-39-40-41-42-44-45-47-49-51-53-55-57-59-61-64-67-70-76(79)82-73-74(72-81-75(78)69-66-63-12-9-6-3)83-77(80)71-68-65-62-60-58-56-54-52-50-48-46-43-32-30-28-26-24-22-20-18-16-14-11-8-5-2/h7,10,15,17,20-23,26-29,33-34,36-37,39-40,42,44,47,49,53,55,74H,4-6,8-9,11-14,16,18-19,24-25,30-32,35,38,41,43,45-46,48,50-52,54,56-73H2,1-3H3/b10-7-,17-15-,22-20-,23-21-,28-26-,29-27-,34-33-,37-36-,40-39-,44-42-,49-47-,55-53-. The lowest BCUT2D eigenvalue weighted by Gasteiger charge is -2.18. The number of hydrogen-bond donors (Lipinski definition) is 0. The van der Waals surface area contributed by atoms with Gasteiger partial charge >= 0.3 is 17.9 Å². The van der Waals surface area contributed by atoms with Crippen LogP contribution in [-0.4, -0.2) is 37.2 Å². The molecule has 0 aromatic heterocycles. The van der Waals surface area contributed by atoms with Gasteiger partial charge in [-0.2, -0.15) is 0 Å². The molecule has 0 aromatic rings. The molecular formula is C77H126O6. The summed E-state index contributed by atoms with van der Waals surface area (Å²) in [4.78, 5) is 38.0. The van der Waals surface area contributed by atoms with Gasteiger partial charge in [0, 0.05) is 19.3 Å². The summed E-state index contributed by atoms with van der Waals surface area (Å²) >= 11 is 0. The Morgan fingerprint density at radius 2 is 0.470 bits per heavy atom. The summed E-state index contributed by atoms with van der Waals surface area (Å²) in [6.45, 7) is 6.42. The van der Waals surface area contributed by atoms with Crippen LogP contribution >= 0.6 is 0 Å². The molecule has 0 amide bonds. The van der Waals surface area contributed by atoms with E-state index in [-0.39, 0.29) is 31.1 Å². The molecule has 0 aromatic carbocycles. The quantitative estimate of drug-likeness (QED) is 0.0261. The molecule has 0 rings (SSSR count). The summed E-state index contributed by atoms with van der Waals surface area (Å²) in [5.41, 5.74) is 0. The van der Waals surface area contributed by atoms with Gasteiger partial charge in [-0.3, -0.25) is 14.4 Å². The van der Waals surface area contributed by atoms with Crippen LogP contribution in [0.3, 0.4) is 0 Å². The van der Waals surface area contributed by atoms with E-state index in [0.717, 1.165) is 154 Å². The van der Waals surface area contributed by atoms with Crippen molar-refractivity contribution in [3.8, 4) is 0 Å². The maximum atomic E-state index is 12.8. The molecule has 0 aliphatic rings. The molecule has 0 saturated carbocycles. The van der Waals surface area contributed by atoms with Crippen molar-refractivity contribution in [1.82, 2.24) is 0 Å². The third-order valence-electron chi connectivity index (χ3n) is 14.3.